The summed E-state index contributed by atoms with van der Waals surface area (Å²) in [6.07, 6.45) is 2.66. The zero-order valence-corrected chi connectivity index (χ0v) is 25.2. The number of carbonyl (C=O) groups is 1. The molecular formula is C32H33ClN4O7. The minimum Gasteiger partial charge on any atom is -0.507 e. The number of methoxy groups -OCH3 is 1. The van der Waals surface area contributed by atoms with Gasteiger partial charge in [0.25, 0.3) is 0 Å². The Morgan fingerprint density at radius 1 is 1.07 bits per heavy atom. The molecule has 0 radical (unpaired) electrons. The third-order valence-electron chi connectivity index (χ3n) is 8.48. The van der Waals surface area contributed by atoms with Crippen LogP contribution < -0.4 is 15.1 Å². The van der Waals surface area contributed by atoms with Crippen molar-refractivity contribution in [3.05, 3.63) is 69.5 Å². The Bertz CT molecular complexity index is 1750. The van der Waals surface area contributed by atoms with Crippen molar-refractivity contribution >= 4 is 34.5 Å². The van der Waals surface area contributed by atoms with Gasteiger partial charge in [-0.05, 0) is 45.0 Å². The molecule has 0 unspecified atom stereocenters. The molecule has 0 aliphatic carbocycles. The van der Waals surface area contributed by atoms with Crippen molar-refractivity contribution in [3.63, 3.8) is 0 Å². The van der Waals surface area contributed by atoms with E-state index >= 15 is 0 Å². The van der Waals surface area contributed by atoms with Gasteiger partial charge in [0.05, 0.1) is 18.1 Å². The standard InChI is InChI=1S/C32H33ClN4O7/c1-36-12-10-20(26(17-36)44-31(41)18-8-13-37(14-9-18)32-34-11-7-27(35-32)42-2)28-22(38)15-23(39)29-24(40)16-25(43-30(28)29)19-5-3-4-6-21(19)33/h3-7,11,15-16,18,20,26,38-39H,8-10,12-14,17H2,1-2H3/t20-,26+/m0/s1. The van der Waals surface area contributed by atoms with Crippen LogP contribution in [0.3, 0.4) is 0 Å². The number of aromatic nitrogens is 2. The first-order valence-corrected chi connectivity index (χ1v) is 14.9. The number of anilines is 1. The number of likely N-dealkylation sites (N-methyl/N-ethyl adjacent to an activating group) is 1. The number of nitrogens with zero attached hydrogens (tertiary/aromatic N) is 4. The summed E-state index contributed by atoms with van der Waals surface area (Å²) in [5, 5.41) is 22.2. The molecule has 2 aromatic carbocycles. The van der Waals surface area contributed by atoms with Crippen LogP contribution in [0.1, 0.15) is 30.7 Å². The summed E-state index contributed by atoms with van der Waals surface area (Å²) in [5.74, 6) is -0.533. The van der Waals surface area contributed by atoms with Crippen molar-refractivity contribution in [1.29, 1.82) is 0 Å². The predicted octanol–water partition coefficient (Wildman–Crippen LogP) is 4.57. The quantitative estimate of drug-likeness (QED) is 0.293. The van der Waals surface area contributed by atoms with Gasteiger partial charge >= 0.3 is 5.97 Å². The number of phenols is 2. The highest BCUT2D eigenvalue weighted by atomic mass is 35.5. The van der Waals surface area contributed by atoms with Crippen molar-refractivity contribution < 1.29 is 28.9 Å². The molecule has 6 rings (SSSR count). The average molecular weight is 621 g/mol. The van der Waals surface area contributed by atoms with Crippen molar-refractivity contribution in [2.24, 2.45) is 5.92 Å². The number of carbonyl (C=O) groups excluding carboxylic acids is 1. The topological polar surface area (TPSA) is 138 Å². The van der Waals surface area contributed by atoms with Gasteiger partial charge in [0.1, 0.15) is 34.3 Å². The van der Waals surface area contributed by atoms with Gasteiger partial charge in [-0.25, -0.2) is 4.98 Å². The summed E-state index contributed by atoms with van der Waals surface area (Å²) in [7, 11) is 3.49. The van der Waals surface area contributed by atoms with Crippen molar-refractivity contribution in [2.45, 2.75) is 31.3 Å². The van der Waals surface area contributed by atoms with Crippen LogP contribution >= 0.6 is 11.6 Å². The lowest BCUT2D eigenvalue weighted by Crippen LogP contribution is -2.45. The van der Waals surface area contributed by atoms with E-state index in [0.29, 0.717) is 73.4 Å². The highest BCUT2D eigenvalue weighted by Crippen LogP contribution is 2.44. The Morgan fingerprint density at radius 2 is 1.84 bits per heavy atom. The molecule has 2 aliphatic heterocycles. The predicted molar refractivity (Wildman–Crippen MR) is 165 cm³/mol. The Labute approximate surface area is 258 Å². The zero-order valence-electron chi connectivity index (χ0n) is 24.4. The maximum absolute atomic E-state index is 13.5. The molecule has 230 valence electrons. The van der Waals surface area contributed by atoms with Crippen LogP contribution in [0.4, 0.5) is 5.95 Å². The summed E-state index contributed by atoms with van der Waals surface area (Å²) in [5.41, 5.74) is 0.388. The zero-order chi connectivity index (χ0) is 31.0. The molecule has 12 heteroatoms. The number of benzene rings is 2. The Hall–Kier alpha value is -4.35. The van der Waals surface area contributed by atoms with Gasteiger partial charge in [-0.15, -0.1) is 0 Å². The van der Waals surface area contributed by atoms with Crippen LogP contribution in [-0.4, -0.2) is 77.5 Å². The van der Waals surface area contributed by atoms with E-state index in [9.17, 15) is 19.8 Å². The fourth-order valence-electron chi connectivity index (χ4n) is 6.15. The van der Waals surface area contributed by atoms with Crippen molar-refractivity contribution in [3.8, 4) is 28.7 Å². The number of hydrogen-bond donors (Lipinski definition) is 2. The lowest BCUT2D eigenvalue weighted by molar-refractivity contribution is -0.158. The number of halogens is 1. The maximum Gasteiger partial charge on any atom is 0.309 e. The molecule has 0 amide bonds. The largest absolute Gasteiger partial charge is 0.507 e. The molecule has 0 bridgehead atoms. The first kappa shape index (κ1) is 29.7. The van der Waals surface area contributed by atoms with E-state index in [-0.39, 0.29) is 34.4 Å². The Balaban J connectivity index is 1.28. The van der Waals surface area contributed by atoms with Gasteiger partial charge in [-0.2, -0.15) is 4.98 Å². The van der Waals surface area contributed by atoms with E-state index < -0.39 is 23.2 Å². The highest BCUT2D eigenvalue weighted by molar-refractivity contribution is 6.33. The fraction of sp³-hybridized carbons (Fsp3) is 0.375. The van der Waals surface area contributed by atoms with Gasteiger partial charge in [-0.1, -0.05) is 23.7 Å². The van der Waals surface area contributed by atoms with Crippen LogP contribution in [0.5, 0.6) is 17.4 Å². The molecule has 4 aromatic rings. The lowest BCUT2D eigenvalue weighted by Gasteiger charge is -2.38. The summed E-state index contributed by atoms with van der Waals surface area (Å²) >= 11 is 6.40. The van der Waals surface area contributed by atoms with E-state index in [1.54, 1.807) is 43.6 Å². The van der Waals surface area contributed by atoms with Crippen LogP contribution in [0.2, 0.25) is 5.02 Å². The van der Waals surface area contributed by atoms with Crippen molar-refractivity contribution in [2.75, 3.05) is 45.2 Å². The molecule has 4 heterocycles. The van der Waals surface area contributed by atoms with E-state index in [1.807, 2.05) is 11.9 Å². The van der Waals surface area contributed by atoms with Crippen LogP contribution in [0, 0.1) is 5.92 Å². The van der Waals surface area contributed by atoms with Crippen molar-refractivity contribution in [1.82, 2.24) is 14.9 Å². The molecule has 2 aromatic heterocycles. The van der Waals surface area contributed by atoms with Crippen LogP contribution in [0.15, 0.2) is 57.9 Å². The maximum atomic E-state index is 13.5. The van der Waals surface area contributed by atoms with Gasteiger partial charge in [0.2, 0.25) is 11.8 Å². The number of esters is 1. The SMILES string of the molecule is COc1ccnc(N2CCC(C(=O)O[C@@H]3CN(C)CC[C@@H]3c3c(O)cc(O)c4c(=O)cc(-c5ccccc5Cl)oc34)CC2)n1. The first-order valence-electron chi connectivity index (χ1n) is 14.5. The van der Waals surface area contributed by atoms with Gasteiger partial charge in [0.15, 0.2) is 5.43 Å². The monoisotopic (exact) mass is 620 g/mol. The second kappa shape index (κ2) is 12.3. The summed E-state index contributed by atoms with van der Waals surface area (Å²) in [4.78, 5) is 39.6. The summed E-state index contributed by atoms with van der Waals surface area (Å²) in [6.45, 7) is 2.25. The van der Waals surface area contributed by atoms with Gasteiger partial charge in [0, 0.05) is 61.1 Å². The molecule has 44 heavy (non-hydrogen) atoms. The number of fused-ring (bicyclic) bond motifs is 1. The number of likely N-dealkylation sites (tertiary alicyclic amines) is 1. The number of phenolic OH excluding ortho intramolecular Hbond substituents is 2. The molecular weight excluding hydrogens is 588 g/mol. The third-order valence-corrected chi connectivity index (χ3v) is 8.80. The number of hydrogen-bond acceptors (Lipinski definition) is 11. The number of aromatic hydroxyl groups is 2. The lowest BCUT2D eigenvalue weighted by atomic mass is 9.85. The number of rotatable bonds is 6. The third kappa shape index (κ3) is 5.77. The normalized spacial score (nSPS) is 19.7. The van der Waals surface area contributed by atoms with E-state index in [0.717, 1.165) is 6.07 Å². The Morgan fingerprint density at radius 3 is 2.59 bits per heavy atom. The minimum absolute atomic E-state index is 0.0483. The first-order chi connectivity index (χ1) is 21.2. The molecule has 0 saturated carbocycles. The Kier molecular flexibility index (Phi) is 8.33. The molecule has 11 nitrogen and oxygen atoms in total. The van der Waals surface area contributed by atoms with E-state index in [1.165, 1.54) is 6.07 Å². The number of ether oxygens (including phenoxy) is 2. The number of piperidine rings is 2. The van der Waals surface area contributed by atoms with E-state index in [4.69, 9.17) is 25.5 Å². The molecule has 2 fully saturated rings. The average Bonchev–Trinajstić information content (AvgIpc) is 3.02. The minimum atomic E-state index is -0.631. The summed E-state index contributed by atoms with van der Waals surface area (Å²) in [6, 6.07) is 11.1. The summed E-state index contributed by atoms with van der Waals surface area (Å²) < 4.78 is 17.6. The fourth-order valence-corrected chi connectivity index (χ4v) is 6.38. The molecule has 2 N–H and O–H groups in total. The van der Waals surface area contributed by atoms with Crippen LogP contribution in [0.25, 0.3) is 22.3 Å². The molecule has 2 atom stereocenters. The second-order valence-corrected chi connectivity index (χ2v) is 11.7. The van der Waals surface area contributed by atoms with Crippen LogP contribution in [-0.2, 0) is 9.53 Å². The molecule has 0 spiro atoms. The highest BCUT2D eigenvalue weighted by Gasteiger charge is 2.38. The van der Waals surface area contributed by atoms with E-state index in [2.05, 4.69) is 14.9 Å². The molecule has 2 saturated heterocycles. The molecule has 2 aliphatic rings. The second-order valence-electron chi connectivity index (χ2n) is 11.3. The smallest absolute Gasteiger partial charge is 0.309 e. The van der Waals surface area contributed by atoms with Gasteiger partial charge in [-0.3, -0.25) is 9.59 Å². The van der Waals surface area contributed by atoms with Gasteiger partial charge < -0.3 is 33.9 Å².